The number of halogens is 1. The van der Waals surface area contributed by atoms with Gasteiger partial charge in [0.15, 0.2) is 11.5 Å². The first kappa shape index (κ1) is 13.4. The van der Waals surface area contributed by atoms with E-state index in [0.717, 1.165) is 21.5 Å². The third-order valence-electron chi connectivity index (χ3n) is 2.85. The summed E-state index contributed by atoms with van der Waals surface area (Å²) in [5, 5.41) is 0. The molecule has 1 heterocycles. The van der Waals surface area contributed by atoms with E-state index in [1.165, 1.54) is 5.56 Å². The van der Waals surface area contributed by atoms with Crippen LogP contribution >= 0.6 is 15.9 Å². The molecular weight excluding hydrogens is 294 g/mol. The molecule has 1 aliphatic heterocycles. The second-order valence-corrected chi connectivity index (χ2v) is 5.36. The van der Waals surface area contributed by atoms with Gasteiger partial charge in [0, 0.05) is 12.1 Å². The topological polar surface area (TPSA) is 44.5 Å². The van der Waals surface area contributed by atoms with E-state index in [2.05, 4.69) is 35.8 Å². The number of benzene rings is 1. The van der Waals surface area contributed by atoms with Crippen molar-refractivity contribution in [2.45, 2.75) is 19.8 Å². The van der Waals surface area contributed by atoms with Crippen molar-refractivity contribution in [3.8, 4) is 11.5 Å². The number of fused-ring (bicyclic) bond motifs is 1. The summed E-state index contributed by atoms with van der Waals surface area (Å²) in [4.78, 5) is 0. The minimum absolute atomic E-state index is 0.367. The zero-order chi connectivity index (χ0) is 13.1. The van der Waals surface area contributed by atoms with Crippen LogP contribution in [0.4, 0.5) is 0 Å². The van der Waals surface area contributed by atoms with Crippen LogP contribution in [-0.4, -0.2) is 19.8 Å². The molecular formula is C14H18BrNO2. The van der Waals surface area contributed by atoms with Gasteiger partial charge in [-0.25, -0.2) is 0 Å². The lowest BCUT2D eigenvalue weighted by atomic mass is 9.95. The van der Waals surface area contributed by atoms with Crippen molar-refractivity contribution in [3.63, 3.8) is 0 Å². The first-order chi connectivity index (χ1) is 8.65. The number of nitrogens with two attached hydrogens (primary N) is 1. The fraction of sp³-hybridized carbons (Fsp3) is 0.429. The Morgan fingerprint density at radius 2 is 2.00 bits per heavy atom. The van der Waals surface area contributed by atoms with Gasteiger partial charge in [-0.2, -0.15) is 0 Å². The van der Waals surface area contributed by atoms with Gasteiger partial charge in [0.1, 0.15) is 13.2 Å². The van der Waals surface area contributed by atoms with E-state index < -0.39 is 0 Å². The van der Waals surface area contributed by atoms with E-state index in [0.29, 0.717) is 25.7 Å². The molecule has 0 radical (unpaired) electrons. The van der Waals surface area contributed by atoms with Gasteiger partial charge in [0.2, 0.25) is 0 Å². The molecule has 0 atom stereocenters. The molecule has 1 aromatic carbocycles. The smallest absolute Gasteiger partial charge is 0.175 e. The lowest BCUT2D eigenvalue weighted by Gasteiger charge is -2.25. The van der Waals surface area contributed by atoms with Gasteiger partial charge < -0.3 is 15.2 Å². The highest BCUT2D eigenvalue weighted by molar-refractivity contribution is 9.10. The molecule has 0 unspecified atom stereocenters. The monoisotopic (exact) mass is 311 g/mol. The molecule has 0 aliphatic carbocycles. The SMILES string of the molecule is CC(C)c1c(/C=C/CN)cc(Br)c2c1OCCO2. The Balaban J connectivity index is 2.59. The maximum atomic E-state index is 5.80. The van der Waals surface area contributed by atoms with Crippen molar-refractivity contribution in [3.05, 3.63) is 27.7 Å². The summed E-state index contributed by atoms with van der Waals surface area (Å²) in [6, 6.07) is 2.06. The Morgan fingerprint density at radius 3 is 2.61 bits per heavy atom. The molecule has 0 bridgehead atoms. The van der Waals surface area contributed by atoms with Gasteiger partial charge in [0.25, 0.3) is 0 Å². The summed E-state index contributed by atoms with van der Waals surface area (Å²) >= 11 is 3.54. The highest BCUT2D eigenvalue weighted by Gasteiger charge is 2.23. The molecule has 0 fully saturated rings. The Morgan fingerprint density at radius 1 is 1.33 bits per heavy atom. The highest BCUT2D eigenvalue weighted by Crippen LogP contribution is 2.45. The molecule has 0 spiro atoms. The van der Waals surface area contributed by atoms with E-state index >= 15 is 0 Å². The molecule has 2 rings (SSSR count). The van der Waals surface area contributed by atoms with Gasteiger partial charge >= 0.3 is 0 Å². The second-order valence-electron chi connectivity index (χ2n) is 4.51. The van der Waals surface area contributed by atoms with E-state index in [1.54, 1.807) is 0 Å². The maximum Gasteiger partial charge on any atom is 0.175 e. The van der Waals surface area contributed by atoms with Crippen molar-refractivity contribution in [2.75, 3.05) is 19.8 Å². The third-order valence-corrected chi connectivity index (χ3v) is 3.44. The molecule has 4 heteroatoms. The summed E-state index contributed by atoms with van der Waals surface area (Å²) in [5.41, 5.74) is 7.83. The van der Waals surface area contributed by atoms with Crippen LogP contribution in [0.15, 0.2) is 16.6 Å². The van der Waals surface area contributed by atoms with Crippen molar-refractivity contribution < 1.29 is 9.47 Å². The van der Waals surface area contributed by atoms with E-state index in [1.807, 2.05) is 12.2 Å². The summed E-state index contributed by atoms with van der Waals surface area (Å²) in [6.45, 7) is 6.04. The number of hydrogen-bond donors (Lipinski definition) is 1. The fourth-order valence-corrected chi connectivity index (χ4v) is 2.68. The predicted molar refractivity (Wildman–Crippen MR) is 77.3 cm³/mol. The third kappa shape index (κ3) is 2.54. The highest BCUT2D eigenvalue weighted by atomic mass is 79.9. The molecule has 0 saturated heterocycles. The van der Waals surface area contributed by atoms with Gasteiger partial charge in [0.05, 0.1) is 4.47 Å². The Bertz CT molecular complexity index is 469. The van der Waals surface area contributed by atoms with Crippen molar-refractivity contribution >= 4 is 22.0 Å². The summed E-state index contributed by atoms with van der Waals surface area (Å²) in [7, 11) is 0. The largest absolute Gasteiger partial charge is 0.486 e. The standard InChI is InChI=1S/C14H18BrNO2/c1-9(2)12-10(4-3-5-16)8-11(15)13-14(12)18-7-6-17-13/h3-4,8-9H,5-7,16H2,1-2H3/b4-3+. The normalized spacial score (nSPS) is 14.5. The molecule has 18 heavy (non-hydrogen) atoms. The Hall–Kier alpha value is -1.00. The number of hydrogen-bond acceptors (Lipinski definition) is 3. The molecule has 0 aromatic heterocycles. The number of ether oxygens (including phenoxy) is 2. The van der Waals surface area contributed by atoms with Crippen LogP contribution in [0.5, 0.6) is 11.5 Å². The predicted octanol–water partition coefficient (Wildman–Crippen LogP) is 3.32. The average molecular weight is 312 g/mol. The average Bonchev–Trinajstić information content (AvgIpc) is 2.36. The second kappa shape index (κ2) is 5.76. The zero-order valence-corrected chi connectivity index (χ0v) is 12.3. The summed E-state index contributed by atoms with van der Waals surface area (Å²) in [5.74, 6) is 2.04. The lowest BCUT2D eigenvalue weighted by Crippen LogP contribution is -2.18. The van der Waals surface area contributed by atoms with Crippen molar-refractivity contribution in [1.29, 1.82) is 0 Å². The van der Waals surface area contributed by atoms with Crippen LogP contribution in [-0.2, 0) is 0 Å². The molecule has 98 valence electrons. The lowest BCUT2D eigenvalue weighted by molar-refractivity contribution is 0.168. The maximum absolute atomic E-state index is 5.80. The molecule has 1 aliphatic rings. The molecule has 0 amide bonds. The Kier molecular flexibility index (Phi) is 4.30. The minimum Gasteiger partial charge on any atom is -0.486 e. The van der Waals surface area contributed by atoms with E-state index in [-0.39, 0.29) is 0 Å². The van der Waals surface area contributed by atoms with Crippen LogP contribution in [0, 0.1) is 0 Å². The van der Waals surface area contributed by atoms with E-state index in [9.17, 15) is 0 Å². The summed E-state index contributed by atoms with van der Waals surface area (Å²) in [6.07, 6.45) is 3.99. The quantitative estimate of drug-likeness (QED) is 0.931. The first-order valence-electron chi connectivity index (χ1n) is 6.13. The van der Waals surface area contributed by atoms with Gasteiger partial charge in [-0.15, -0.1) is 0 Å². The van der Waals surface area contributed by atoms with Crippen LogP contribution in [0.3, 0.4) is 0 Å². The number of rotatable bonds is 3. The van der Waals surface area contributed by atoms with Crippen LogP contribution in [0.2, 0.25) is 0 Å². The minimum atomic E-state index is 0.367. The molecule has 3 nitrogen and oxygen atoms in total. The van der Waals surface area contributed by atoms with Crippen LogP contribution in [0.1, 0.15) is 30.9 Å². The Labute approximate surface area is 116 Å². The van der Waals surface area contributed by atoms with Crippen molar-refractivity contribution in [2.24, 2.45) is 5.73 Å². The van der Waals surface area contributed by atoms with Crippen LogP contribution < -0.4 is 15.2 Å². The van der Waals surface area contributed by atoms with E-state index in [4.69, 9.17) is 15.2 Å². The van der Waals surface area contributed by atoms with Crippen molar-refractivity contribution in [1.82, 2.24) is 0 Å². The van der Waals surface area contributed by atoms with Gasteiger partial charge in [-0.1, -0.05) is 26.0 Å². The van der Waals surface area contributed by atoms with Gasteiger partial charge in [-0.3, -0.25) is 0 Å². The zero-order valence-electron chi connectivity index (χ0n) is 10.7. The van der Waals surface area contributed by atoms with Crippen LogP contribution in [0.25, 0.3) is 6.08 Å². The summed E-state index contributed by atoms with van der Waals surface area (Å²) < 4.78 is 12.4. The first-order valence-corrected chi connectivity index (χ1v) is 6.93. The molecule has 1 aromatic rings. The van der Waals surface area contributed by atoms with Gasteiger partial charge in [-0.05, 0) is 33.5 Å². The fourth-order valence-electron chi connectivity index (χ4n) is 2.14. The molecule has 2 N–H and O–H groups in total. The molecule has 0 saturated carbocycles.